The average molecular weight is 559 g/mol. The van der Waals surface area contributed by atoms with Crippen molar-refractivity contribution in [3.63, 3.8) is 0 Å². The van der Waals surface area contributed by atoms with Gasteiger partial charge in [0, 0.05) is 25.6 Å². The Morgan fingerprint density at radius 2 is 1.66 bits per heavy atom. The number of carbonyl (C=O) groups is 4. The van der Waals surface area contributed by atoms with E-state index in [1.807, 2.05) is 6.92 Å². The first-order valence-corrected chi connectivity index (χ1v) is 14.0. The summed E-state index contributed by atoms with van der Waals surface area (Å²) in [5, 5.41) is 3.95. The van der Waals surface area contributed by atoms with E-state index in [1.54, 1.807) is 47.4 Å². The van der Waals surface area contributed by atoms with E-state index in [9.17, 15) is 19.2 Å². The van der Waals surface area contributed by atoms with Crippen LogP contribution in [0.25, 0.3) is 0 Å². The summed E-state index contributed by atoms with van der Waals surface area (Å²) < 4.78 is 0. The summed E-state index contributed by atoms with van der Waals surface area (Å²) in [7, 11) is 0. The van der Waals surface area contributed by atoms with Gasteiger partial charge in [-0.1, -0.05) is 67.6 Å². The zero-order chi connectivity index (χ0) is 27.2. The van der Waals surface area contributed by atoms with Crippen LogP contribution >= 0.6 is 23.2 Å². The van der Waals surface area contributed by atoms with Gasteiger partial charge in [-0.15, -0.1) is 0 Å². The van der Waals surface area contributed by atoms with Gasteiger partial charge in [0.25, 0.3) is 11.8 Å². The molecule has 1 aliphatic carbocycles. The van der Waals surface area contributed by atoms with E-state index >= 15 is 0 Å². The Kier molecular flexibility index (Phi) is 9.44. The Balaban J connectivity index is 1.46. The lowest BCUT2D eigenvalue weighted by Gasteiger charge is -2.33. The molecule has 1 N–H and O–H groups in total. The number of amides is 4. The predicted molar refractivity (Wildman–Crippen MR) is 147 cm³/mol. The van der Waals surface area contributed by atoms with Gasteiger partial charge in [-0.2, -0.15) is 0 Å². The second kappa shape index (κ2) is 12.8. The number of halogens is 2. The molecule has 0 unspecified atom stereocenters. The van der Waals surface area contributed by atoms with E-state index in [1.165, 1.54) is 11.3 Å². The van der Waals surface area contributed by atoms with Crippen molar-refractivity contribution in [3.05, 3.63) is 69.2 Å². The minimum atomic E-state index is -0.654. The van der Waals surface area contributed by atoms with E-state index < -0.39 is 6.04 Å². The van der Waals surface area contributed by atoms with E-state index in [4.69, 9.17) is 23.2 Å². The molecule has 0 radical (unpaired) electrons. The van der Waals surface area contributed by atoms with Gasteiger partial charge in [-0.3, -0.25) is 24.1 Å². The number of hydrogen-bond donors (Lipinski definition) is 1. The van der Waals surface area contributed by atoms with Crippen LogP contribution in [0.4, 0.5) is 0 Å². The highest BCUT2D eigenvalue weighted by Crippen LogP contribution is 2.26. The number of imide groups is 1. The number of rotatable bonds is 10. The van der Waals surface area contributed by atoms with E-state index in [0.717, 1.165) is 31.2 Å². The fourth-order valence-electron chi connectivity index (χ4n) is 5.27. The van der Waals surface area contributed by atoms with Crippen LogP contribution in [0.1, 0.15) is 84.6 Å². The van der Waals surface area contributed by atoms with Crippen molar-refractivity contribution in [2.75, 3.05) is 6.54 Å². The fraction of sp³-hybridized carbons (Fsp3) is 0.448. The highest BCUT2D eigenvalue weighted by atomic mass is 35.5. The third-order valence-corrected chi connectivity index (χ3v) is 8.06. The fourth-order valence-corrected chi connectivity index (χ4v) is 5.59. The highest BCUT2D eigenvalue weighted by Gasteiger charge is 2.35. The molecule has 1 heterocycles. The first-order valence-electron chi connectivity index (χ1n) is 13.3. The molecule has 0 spiro atoms. The largest absolute Gasteiger partial charge is 0.352 e. The van der Waals surface area contributed by atoms with Crippen LogP contribution in [-0.2, 0) is 16.1 Å². The molecule has 7 nitrogen and oxygen atoms in total. The molecule has 202 valence electrons. The van der Waals surface area contributed by atoms with Crippen molar-refractivity contribution in [2.45, 2.75) is 76.9 Å². The zero-order valence-electron chi connectivity index (χ0n) is 21.6. The Bertz CT molecular complexity index is 1180. The molecule has 0 saturated heterocycles. The Labute approximate surface area is 233 Å². The summed E-state index contributed by atoms with van der Waals surface area (Å²) >= 11 is 12.3. The quantitative estimate of drug-likeness (QED) is 0.383. The summed E-state index contributed by atoms with van der Waals surface area (Å²) in [6.07, 6.45) is 6.08. The minimum absolute atomic E-state index is 0.0853. The molecule has 2 aromatic carbocycles. The van der Waals surface area contributed by atoms with Gasteiger partial charge in [-0.25, -0.2) is 0 Å². The van der Waals surface area contributed by atoms with Crippen molar-refractivity contribution in [1.29, 1.82) is 0 Å². The van der Waals surface area contributed by atoms with Gasteiger partial charge < -0.3 is 10.2 Å². The minimum Gasteiger partial charge on any atom is -0.352 e. The number of hydrogen-bond acceptors (Lipinski definition) is 4. The first kappa shape index (κ1) is 28.1. The molecule has 4 amide bonds. The molecule has 4 rings (SSSR count). The Morgan fingerprint density at radius 3 is 2.26 bits per heavy atom. The molecule has 1 atom stereocenters. The van der Waals surface area contributed by atoms with E-state index in [0.29, 0.717) is 34.0 Å². The lowest BCUT2D eigenvalue weighted by atomic mass is 9.95. The van der Waals surface area contributed by atoms with Crippen LogP contribution in [0.5, 0.6) is 0 Å². The van der Waals surface area contributed by atoms with Gasteiger partial charge in [0.15, 0.2) is 0 Å². The van der Waals surface area contributed by atoms with Crippen LogP contribution in [-0.4, -0.2) is 52.1 Å². The molecule has 38 heavy (non-hydrogen) atoms. The average Bonchev–Trinajstić information content (AvgIpc) is 3.16. The third-order valence-electron chi connectivity index (χ3n) is 7.32. The van der Waals surface area contributed by atoms with Crippen molar-refractivity contribution in [2.24, 2.45) is 0 Å². The molecule has 1 aliphatic heterocycles. The van der Waals surface area contributed by atoms with Crippen LogP contribution in [0.15, 0.2) is 42.5 Å². The van der Waals surface area contributed by atoms with Crippen molar-refractivity contribution in [1.82, 2.24) is 15.1 Å². The van der Waals surface area contributed by atoms with Crippen molar-refractivity contribution < 1.29 is 19.2 Å². The normalized spacial score (nSPS) is 16.3. The van der Waals surface area contributed by atoms with Crippen molar-refractivity contribution >= 4 is 46.8 Å². The maximum atomic E-state index is 13.6. The predicted octanol–water partition coefficient (Wildman–Crippen LogP) is 5.63. The molecule has 1 fully saturated rings. The smallest absolute Gasteiger partial charge is 0.261 e. The van der Waals surface area contributed by atoms with Crippen LogP contribution in [0.3, 0.4) is 0 Å². The summed E-state index contributed by atoms with van der Waals surface area (Å²) in [4.78, 5) is 55.0. The second-order valence-corrected chi connectivity index (χ2v) is 10.8. The zero-order valence-corrected chi connectivity index (χ0v) is 23.1. The van der Waals surface area contributed by atoms with E-state index in [-0.39, 0.29) is 49.2 Å². The second-order valence-electron chi connectivity index (χ2n) is 9.95. The number of nitrogens with one attached hydrogen (secondary N) is 1. The van der Waals surface area contributed by atoms with Gasteiger partial charge in [0.05, 0.1) is 21.2 Å². The summed E-state index contributed by atoms with van der Waals surface area (Å²) in [5.74, 6) is -1.07. The van der Waals surface area contributed by atoms with E-state index in [2.05, 4.69) is 5.32 Å². The number of nitrogens with zero attached hydrogens (tertiary/aromatic N) is 2. The number of benzene rings is 2. The third kappa shape index (κ3) is 6.38. The highest BCUT2D eigenvalue weighted by molar-refractivity contribution is 6.42. The lowest BCUT2D eigenvalue weighted by Crippen LogP contribution is -2.51. The monoisotopic (exact) mass is 557 g/mol. The van der Waals surface area contributed by atoms with Crippen molar-refractivity contribution in [3.8, 4) is 0 Å². The maximum Gasteiger partial charge on any atom is 0.261 e. The molecule has 2 aliphatic rings. The summed E-state index contributed by atoms with van der Waals surface area (Å²) in [6.45, 7) is 2.21. The van der Waals surface area contributed by atoms with Gasteiger partial charge in [-0.05, 0) is 55.5 Å². The summed E-state index contributed by atoms with van der Waals surface area (Å²) in [6, 6.07) is 11.4. The molecular formula is C29H33Cl2N3O4. The van der Waals surface area contributed by atoms with Gasteiger partial charge >= 0.3 is 0 Å². The summed E-state index contributed by atoms with van der Waals surface area (Å²) in [5.41, 5.74) is 1.53. The molecule has 1 saturated carbocycles. The number of fused-ring (bicyclic) bond motifs is 1. The standard InChI is InChI=1S/C29H33Cl2N3O4/c1-2-25(27(36)32-20-9-4-3-5-10-20)34(18-19-14-15-23(30)24(31)17-19)26(35)13-8-16-33-28(37)21-11-6-7-12-22(21)29(33)38/h6-7,11-12,14-15,17,20,25H,2-5,8-10,13,16,18H2,1H3,(H,32,36)/t25-/m1/s1. The van der Waals surface area contributed by atoms with Gasteiger partial charge in [0.1, 0.15) is 6.04 Å². The SMILES string of the molecule is CC[C@H](C(=O)NC1CCCCC1)N(Cc1ccc(Cl)c(Cl)c1)C(=O)CCCN1C(=O)c2ccccc2C1=O. The maximum absolute atomic E-state index is 13.6. The molecule has 2 aromatic rings. The van der Waals surface area contributed by atoms with Crippen LogP contribution < -0.4 is 5.32 Å². The van der Waals surface area contributed by atoms with Crippen LogP contribution in [0.2, 0.25) is 10.0 Å². The molecule has 0 bridgehead atoms. The lowest BCUT2D eigenvalue weighted by molar-refractivity contribution is -0.142. The first-order chi connectivity index (χ1) is 18.3. The van der Waals surface area contributed by atoms with Crippen LogP contribution in [0, 0.1) is 0 Å². The van der Waals surface area contributed by atoms with Gasteiger partial charge in [0.2, 0.25) is 11.8 Å². The molecular weight excluding hydrogens is 525 g/mol. The molecule has 0 aromatic heterocycles. The Morgan fingerprint density at radius 1 is 1.00 bits per heavy atom. The molecule has 9 heteroatoms. The number of carbonyl (C=O) groups excluding carboxylic acids is 4. The Hall–Kier alpha value is -2.90. The topological polar surface area (TPSA) is 86.8 Å².